The van der Waals surface area contributed by atoms with Crippen LogP contribution in [0.5, 0.6) is 0 Å². The van der Waals surface area contributed by atoms with Gasteiger partial charge in [-0.3, -0.25) is 14.7 Å². The van der Waals surface area contributed by atoms with Crippen molar-refractivity contribution in [2.75, 3.05) is 31.5 Å². The van der Waals surface area contributed by atoms with E-state index in [-0.39, 0.29) is 18.5 Å². The normalized spacial score (nSPS) is 17.4. The second kappa shape index (κ2) is 8.42. The predicted octanol–water partition coefficient (Wildman–Crippen LogP) is 1.30. The quantitative estimate of drug-likeness (QED) is 0.667. The average molecular weight is 399 g/mol. The molecule has 2 aromatic heterocycles. The Morgan fingerprint density at radius 3 is 3.07 bits per heavy atom. The summed E-state index contributed by atoms with van der Waals surface area (Å²) in [6.45, 7) is 2.63. The summed E-state index contributed by atoms with van der Waals surface area (Å²) in [7, 11) is 0. The average Bonchev–Trinajstić information content (AvgIpc) is 3.25. The molecule has 9 nitrogen and oxygen atoms in total. The number of hydrogen-bond acceptors (Lipinski definition) is 7. The molecule has 0 spiro atoms. The Hall–Kier alpha value is -2.88. The van der Waals surface area contributed by atoms with Crippen molar-refractivity contribution in [3.8, 4) is 5.69 Å². The zero-order valence-corrected chi connectivity index (χ0v) is 15.8. The number of hydrogen-bond donors (Lipinski definition) is 2. The predicted molar refractivity (Wildman–Crippen MR) is 104 cm³/mol. The fraction of sp³-hybridized carbons (Fsp3) is 0.278. The number of benzene rings is 1. The van der Waals surface area contributed by atoms with E-state index in [4.69, 9.17) is 11.6 Å². The van der Waals surface area contributed by atoms with Crippen molar-refractivity contribution in [3.63, 3.8) is 0 Å². The Labute approximate surface area is 166 Å². The number of halogens is 1. The SMILES string of the molecule is O=C(CN1CCNCC1c1cccnc1)Nc1cc(-n2cnnn2)ccc1Cl. The van der Waals surface area contributed by atoms with Gasteiger partial charge in [0.25, 0.3) is 0 Å². The highest BCUT2D eigenvalue weighted by atomic mass is 35.5. The van der Waals surface area contributed by atoms with Crippen molar-refractivity contribution >= 4 is 23.2 Å². The number of rotatable bonds is 5. The van der Waals surface area contributed by atoms with Crippen LogP contribution in [0.2, 0.25) is 5.02 Å². The molecule has 1 aliphatic heterocycles. The maximum atomic E-state index is 12.7. The number of amides is 1. The summed E-state index contributed by atoms with van der Waals surface area (Å²) >= 11 is 6.26. The van der Waals surface area contributed by atoms with E-state index in [9.17, 15) is 4.79 Å². The van der Waals surface area contributed by atoms with Gasteiger partial charge < -0.3 is 10.6 Å². The van der Waals surface area contributed by atoms with Crippen LogP contribution < -0.4 is 10.6 Å². The number of aromatic nitrogens is 5. The van der Waals surface area contributed by atoms with Gasteiger partial charge in [-0.2, -0.15) is 0 Å². The molecule has 3 heterocycles. The molecular formula is C18H19ClN8O. The third-order valence-corrected chi connectivity index (χ3v) is 4.94. The second-order valence-electron chi connectivity index (χ2n) is 6.44. The Kier molecular flexibility index (Phi) is 5.56. The van der Waals surface area contributed by atoms with Crippen molar-refractivity contribution in [2.24, 2.45) is 0 Å². The van der Waals surface area contributed by atoms with Crippen LogP contribution in [-0.4, -0.2) is 62.2 Å². The summed E-state index contributed by atoms with van der Waals surface area (Å²) < 4.78 is 1.50. The second-order valence-corrected chi connectivity index (χ2v) is 6.85. The lowest BCUT2D eigenvalue weighted by atomic mass is 10.1. The van der Waals surface area contributed by atoms with Crippen LogP contribution in [0.1, 0.15) is 11.6 Å². The van der Waals surface area contributed by atoms with E-state index in [1.165, 1.54) is 11.0 Å². The van der Waals surface area contributed by atoms with E-state index < -0.39 is 0 Å². The van der Waals surface area contributed by atoms with E-state index in [1.54, 1.807) is 24.4 Å². The standard InChI is InChI=1S/C18H19ClN8O/c19-15-4-3-14(27-12-22-24-25-27)8-16(15)23-18(28)11-26-7-6-21-10-17(26)13-2-1-5-20-9-13/h1-5,8-9,12,17,21H,6-7,10-11H2,(H,23,28). The first kappa shape index (κ1) is 18.5. The first-order valence-electron chi connectivity index (χ1n) is 8.88. The molecule has 0 bridgehead atoms. The van der Waals surface area contributed by atoms with Gasteiger partial charge in [0.05, 0.1) is 22.9 Å². The van der Waals surface area contributed by atoms with Crippen molar-refractivity contribution in [1.82, 2.24) is 35.4 Å². The molecule has 1 amide bonds. The molecule has 1 aromatic carbocycles. The lowest BCUT2D eigenvalue weighted by Gasteiger charge is -2.35. The van der Waals surface area contributed by atoms with Crippen LogP contribution >= 0.6 is 11.6 Å². The fourth-order valence-electron chi connectivity index (χ4n) is 3.24. The lowest BCUT2D eigenvalue weighted by molar-refractivity contribution is -0.118. The van der Waals surface area contributed by atoms with Gasteiger partial charge in [-0.15, -0.1) is 5.10 Å². The molecule has 1 fully saturated rings. The van der Waals surface area contributed by atoms with Crippen LogP contribution in [0.25, 0.3) is 5.69 Å². The summed E-state index contributed by atoms with van der Waals surface area (Å²) in [5.41, 5.74) is 2.31. The van der Waals surface area contributed by atoms with Gasteiger partial charge in [0.2, 0.25) is 5.91 Å². The molecule has 2 N–H and O–H groups in total. The molecular weight excluding hydrogens is 380 g/mol. The lowest BCUT2D eigenvalue weighted by Crippen LogP contribution is -2.48. The molecule has 28 heavy (non-hydrogen) atoms. The van der Waals surface area contributed by atoms with Gasteiger partial charge in [-0.1, -0.05) is 17.7 Å². The Morgan fingerprint density at radius 2 is 2.29 bits per heavy atom. The van der Waals surface area contributed by atoms with Gasteiger partial charge in [-0.25, -0.2) is 4.68 Å². The molecule has 0 saturated carbocycles. The zero-order valence-electron chi connectivity index (χ0n) is 15.0. The Balaban J connectivity index is 1.47. The van der Waals surface area contributed by atoms with E-state index >= 15 is 0 Å². The largest absolute Gasteiger partial charge is 0.324 e. The van der Waals surface area contributed by atoms with Crippen LogP contribution in [0.3, 0.4) is 0 Å². The Bertz CT molecular complexity index is 934. The van der Waals surface area contributed by atoms with Gasteiger partial charge in [0.1, 0.15) is 6.33 Å². The number of carbonyl (C=O) groups excluding carboxylic acids is 1. The first-order valence-corrected chi connectivity index (χ1v) is 9.26. The molecule has 10 heteroatoms. The van der Waals surface area contributed by atoms with E-state index in [2.05, 4.69) is 36.0 Å². The van der Waals surface area contributed by atoms with Crippen LogP contribution in [0.4, 0.5) is 5.69 Å². The van der Waals surface area contributed by atoms with E-state index in [0.29, 0.717) is 16.4 Å². The maximum absolute atomic E-state index is 12.7. The number of nitrogens with one attached hydrogen (secondary N) is 2. The summed E-state index contributed by atoms with van der Waals surface area (Å²) in [6, 6.07) is 9.26. The minimum absolute atomic E-state index is 0.0937. The third kappa shape index (κ3) is 4.16. The monoisotopic (exact) mass is 398 g/mol. The van der Waals surface area contributed by atoms with Crippen LogP contribution in [0, 0.1) is 0 Å². The summed E-state index contributed by atoms with van der Waals surface area (Å²) in [5, 5.41) is 17.8. The summed E-state index contributed by atoms with van der Waals surface area (Å²) in [6.07, 6.45) is 5.07. The molecule has 1 atom stereocenters. The third-order valence-electron chi connectivity index (χ3n) is 4.61. The highest BCUT2D eigenvalue weighted by molar-refractivity contribution is 6.33. The number of piperazine rings is 1. The summed E-state index contributed by atoms with van der Waals surface area (Å²) in [4.78, 5) is 19.0. The van der Waals surface area contributed by atoms with E-state index in [0.717, 1.165) is 25.2 Å². The smallest absolute Gasteiger partial charge is 0.238 e. The van der Waals surface area contributed by atoms with Crippen molar-refractivity contribution < 1.29 is 4.79 Å². The fourth-order valence-corrected chi connectivity index (χ4v) is 3.41. The number of nitrogens with zero attached hydrogens (tertiary/aromatic N) is 6. The maximum Gasteiger partial charge on any atom is 0.238 e. The number of tetrazole rings is 1. The molecule has 1 aliphatic rings. The topological polar surface area (TPSA) is 101 Å². The molecule has 1 saturated heterocycles. The van der Waals surface area contributed by atoms with Gasteiger partial charge >= 0.3 is 0 Å². The number of pyridine rings is 1. The number of carbonyl (C=O) groups is 1. The summed E-state index contributed by atoms with van der Waals surface area (Å²) in [5.74, 6) is -0.133. The van der Waals surface area contributed by atoms with Gasteiger partial charge in [-0.05, 0) is 40.3 Å². The van der Waals surface area contributed by atoms with Crippen molar-refractivity contribution in [1.29, 1.82) is 0 Å². The highest BCUT2D eigenvalue weighted by Gasteiger charge is 2.25. The van der Waals surface area contributed by atoms with Crippen molar-refractivity contribution in [2.45, 2.75) is 6.04 Å². The molecule has 1 unspecified atom stereocenters. The highest BCUT2D eigenvalue weighted by Crippen LogP contribution is 2.25. The van der Waals surface area contributed by atoms with Gasteiger partial charge in [0, 0.05) is 38.1 Å². The van der Waals surface area contributed by atoms with E-state index in [1.807, 2.05) is 18.3 Å². The van der Waals surface area contributed by atoms with Crippen LogP contribution in [0.15, 0.2) is 49.1 Å². The van der Waals surface area contributed by atoms with Crippen LogP contribution in [-0.2, 0) is 4.79 Å². The first-order chi connectivity index (χ1) is 13.7. The molecule has 144 valence electrons. The Morgan fingerprint density at radius 1 is 1.36 bits per heavy atom. The molecule has 0 radical (unpaired) electrons. The minimum Gasteiger partial charge on any atom is -0.324 e. The molecule has 4 rings (SSSR count). The minimum atomic E-state index is -0.133. The molecule has 0 aliphatic carbocycles. The number of anilines is 1. The van der Waals surface area contributed by atoms with Crippen molar-refractivity contribution in [3.05, 3.63) is 59.6 Å². The molecule has 3 aromatic rings. The zero-order chi connectivity index (χ0) is 19.3. The van der Waals surface area contributed by atoms with Gasteiger partial charge in [0.15, 0.2) is 0 Å².